The van der Waals surface area contributed by atoms with Crippen molar-refractivity contribution in [3.05, 3.63) is 39.7 Å². The molecule has 84 valence electrons. The summed E-state index contributed by atoms with van der Waals surface area (Å²) < 4.78 is 2.78. The predicted molar refractivity (Wildman–Crippen MR) is 69.2 cm³/mol. The van der Waals surface area contributed by atoms with Crippen molar-refractivity contribution in [2.24, 2.45) is 12.8 Å². The third kappa shape index (κ3) is 2.00. The van der Waals surface area contributed by atoms with Gasteiger partial charge in [-0.3, -0.25) is 0 Å². The number of halogens is 2. The molecule has 1 aromatic carbocycles. The maximum atomic E-state index is 5.86. The van der Waals surface area contributed by atoms with E-state index in [2.05, 4.69) is 20.9 Å². The van der Waals surface area contributed by atoms with Gasteiger partial charge in [-0.1, -0.05) is 23.7 Å². The highest BCUT2D eigenvalue weighted by Crippen LogP contribution is 2.29. The van der Waals surface area contributed by atoms with Gasteiger partial charge in [0.05, 0.1) is 12.2 Å². The second-order valence-corrected chi connectivity index (χ2v) is 4.63. The maximum Gasteiger partial charge on any atom is 0.132 e. The molecule has 2 rings (SSSR count). The van der Waals surface area contributed by atoms with E-state index in [0.29, 0.717) is 6.54 Å². The molecule has 0 amide bonds. The molecular weight excluding hydrogens is 289 g/mol. The van der Waals surface area contributed by atoms with Gasteiger partial charge in [0, 0.05) is 17.6 Å². The van der Waals surface area contributed by atoms with Gasteiger partial charge in [-0.15, -0.1) is 0 Å². The molecule has 1 aromatic heterocycles. The molecule has 0 saturated carbocycles. The van der Waals surface area contributed by atoms with Crippen molar-refractivity contribution >= 4 is 27.5 Å². The fraction of sp³-hybridized carbons (Fsp3) is 0.182. The Bertz CT molecular complexity index is 505. The zero-order valence-corrected chi connectivity index (χ0v) is 11.1. The molecule has 0 spiro atoms. The number of nitrogens with zero attached hydrogens (tertiary/aromatic N) is 2. The normalized spacial score (nSPS) is 10.8. The number of imidazole rings is 1. The van der Waals surface area contributed by atoms with Gasteiger partial charge in [-0.05, 0) is 28.1 Å². The molecule has 5 heteroatoms. The number of hydrogen-bond donors (Lipinski definition) is 1. The number of nitrogens with two attached hydrogens (primary N) is 1. The smallest absolute Gasteiger partial charge is 0.132 e. The van der Waals surface area contributed by atoms with Gasteiger partial charge in [-0.2, -0.15) is 0 Å². The summed E-state index contributed by atoms with van der Waals surface area (Å²) in [5.74, 6) is 0.844. The van der Waals surface area contributed by atoms with E-state index < -0.39 is 0 Å². The van der Waals surface area contributed by atoms with Crippen LogP contribution in [0.5, 0.6) is 0 Å². The Labute approximate surface area is 107 Å². The zero-order chi connectivity index (χ0) is 11.7. The van der Waals surface area contributed by atoms with Crippen LogP contribution in [0.4, 0.5) is 0 Å². The first-order valence-electron chi connectivity index (χ1n) is 4.80. The minimum absolute atomic E-state index is 0.419. The van der Waals surface area contributed by atoms with E-state index in [-0.39, 0.29) is 0 Å². The van der Waals surface area contributed by atoms with Crippen LogP contribution in [0.15, 0.2) is 28.9 Å². The van der Waals surface area contributed by atoms with Gasteiger partial charge in [0.15, 0.2) is 0 Å². The molecule has 0 atom stereocenters. The van der Waals surface area contributed by atoms with Crippen molar-refractivity contribution in [2.45, 2.75) is 6.54 Å². The third-order valence-electron chi connectivity index (χ3n) is 2.45. The van der Waals surface area contributed by atoms with Gasteiger partial charge in [0.25, 0.3) is 0 Å². The molecule has 0 fully saturated rings. The van der Waals surface area contributed by atoms with Crippen LogP contribution in [-0.4, -0.2) is 9.55 Å². The van der Waals surface area contributed by atoms with Crippen molar-refractivity contribution < 1.29 is 0 Å². The molecule has 2 aromatic rings. The molecule has 0 aliphatic carbocycles. The standard InChI is InChI=1S/C11H11BrClN3/c1-16-9(6-14)15-11(12)10(16)7-2-4-8(13)5-3-7/h2-5H,6,14H2,1H3. The van der Waals surface area contributed by atoms with Crippen LogP contribution in [0.1, 0.15) is 5.82 Å². The van der Waals surface area contributed by atoms with Crippen molar-refractivity contribution in [2.75, 3.05) is 0 Å². The molecular formula is C11H11BrClN3. The van der Waals surface area contributed by atoms with Crippen LogP contribution in [0, 0.1) is 0 Å². The predicted octanol–water partition coefficient (Wildman–Crippen LogP) is 2.96. The first-order valence-corrected chi connectivity index (χ1v) is 5.97. The molecule has 0 saturated heterocycles. The molecule has 0 aliphatic heterocycles. The van der Waals surface area contributed by atoms with E-state index >= 15 is 0 Å². The van der Waals surface area contributed by atoms with Gasteiger partial charge in [-0.25, -0.2) is 4.98 Å². The quantitative estimate of drug-likeness (QED) is 0.926. The Balaban J connectivity index is 2.55. The molecule has 1 heterocycles. The fourth-order valence-corrected chi connectivity index (χ4v) is 2.44. The molecule has 3 nitrogen and oxygen atoms in total. The van der Waals surface area contributed by atoms with Crippen LogP contribution in [0.25, 0.3) is 11.3 Å². The second kappa shape index (κ2) is 4.57. The van der Waals surface area contributed by atoms with Crippen LogP contribution in [0.2, 0.25) is 5.02 Å². The van der Waals surface area contributed by atoms with Crippen molar-refractivity contribution in [1.29, 1.82) is 0 Å². The van der Waals surface area contributed by atoms with E-state index in [1.165, 1.54) is 0 Å². The van der Waals surface area contributed by atoms with E-state index in [0.717, 1.165) is 26.7 Å². The zero-order valence-electron chi connectivity index (χ0n) is 8.74. The number of benzene rings is 1. The lowest BCUT2D eigenvalue weighted by Crippen LogP contribution is -2.05. The minimum Gasteiger partial charge on any atom is -0.329 e. The molecule has 16 heavy (non-hydrogen) atoms. The number of rotatable bonds is 2. The highest BCUT2D eigenvalue weighted by atomic mass is 79.9. The molecule has 0 radical (unpaired) electrons. The Morgan fingerprint density at radius 2 is 2.00 bits per heavy atom. The summed E-state index contributed by atoms with van der Waals surface area (Å²) in [4.78, 5) is 4.35. The van der Waals surface area contributed by atoms with Crippen molar-refractivity contribution in [1.82, 2.24) is 9.55 Å². The van der Waals surface area contributed by atoms with Gasteiger partial charge in [0.1, 0.15) is 10.4 Å². The topological polar surface area (TPSA) is 43.8 Å². The second-order valence-electron chi connectivity index (χ2n) is 3.44. The maximum absolute atomic E-state index is 5.86. The molecule has 0 bridgehead atoms. The summed E-state index contributed by atoms with van der Waals surface area (Å²) in [7, 11) is 1.95. The van der Waals surface area contributed by atoms with Gasteiger partial charge in [0.2, 0.25) is 0 Å². The Hall–Kier alpha value is -0.840. The summed E-state index contributed by atoms with van der Waals surface area (Å²) in [5.41, 5.74) is 7.68. The highest BCUT2D eigenvalue weighted by Gasteiger charge is 2.13. The Morgan fingerprint density at radius 3 is 2.50 bits per heavy atom. The lowest BCUT2D eigenvalue weighted by molar-refractivity contribution is 0.798. The molecule has 0 unspecified atom stereocenters. The van der Waals surface area contributed by atoms with E-state index in [1.807, 2.05) is 35.9 Å². The van der Waals surface area contributed by atoms with Gasteiger partial charge >= 0.3 is 0 Å². The first-order chi connectivity index (χ1) is 7.63. The van der Waals surface area contributed by atoms with Crippen LogP contribution in [0.3, 0.4) is 0 Å². The van der Waals surface area contributed by atoms with Crippen molar-refractivity contribution in [3.63, 3.8) is 0 Å². The average molecular weight is 301 g/mol. The molecule has 0 aliphatic rings. The number of aromatic nitrogens is 2. The largest absolute Gasteiger partial charge is 0.329 e. The summed E-state index contributed by atoms with van der Waals surface area (Å²) in [6.45, 7) is 0.419. The lowest BCUT2D eigenvalue weighted by atomic mass is 10.2. The van der Waals surface area contributed by atoms with Crippen molar-refractivity contribution in [3.8, 4) is 11.3 Å². The Kier molecular flexibility index (Phi) is 3.33. The van der Waals surface area contributed by atoms with E-state index in [1.54, 1.807) is 0 Å². The van der Waals surface area contributed by atoms with Gasteiger partial charge < -0.3 is 10.3 Å². The van der Waals surface area contributed by atoms with E-state index in [4.69, 9.17) is 17.3 Å². The summed E-state index contributed by atoms with van der Waals surface area (Å²) in [5, 5.41) is 0.723. The fourth-order valence-electron chi connectivity index (χ4n) is 1.61. The summed E-state index contributed by atoms with van der Waals surface area (Å²) in [6, 6.07) is 7.64. The molecule has 2 N–H and O–H groups in total. The van der Waals surface area contributed by atoms with E-state index in [9.17, 15) is 0 Å². The Morgan fingerprint density at radius 1 is 1.38 bits per heavy atom. The van der Waals surface area contributed by atoms with Crippen LogP contribution < -0.4 is 5.73 Å². The van der Waals surface area contributed by atoms with Crippen LogP contribution in [-0.2, 0) is 13.6 Å². The minimum atomic E-state index is 0.419. The third-order valence-corrected chi connectivity index (χ3v) is 3.25. The first kappa shape index (κ1) is 11.6. The SMILES string of the molecule is Cn1c(CN)nc(Br)c1-c1ccc(Cl)cc1. The monoisotopic (exact) mass is 299 g/mol. The highest BCUT2D eigenvalue weighted by molar-refractivity contribution is 9.10. The number of hydrogen-bond acceptors (Lipinski definition) is 2. The average Bonchev–Trinajstić information content (AvgIpc) is 2.56. The summed E-state index contributed by atoms with van der Waals surface area (Å²) >= 11 is 9.30. The summed E-state index contributed by atoms with van der Waals surface area (Å²) in [6.07, 6.45) is 0. The lowest BCUT2D eigenvalue weighted by Gasteiger charge is -2.05. The van der Waals surface area contributed by atoms with Crippen LogP contribution >= 0.6 is 27.5 Å².